The maximum absolute atomic E-state index is 10.3. The first-order chi connectivity index (χ1) is 27.8. The maximum Gasteiger partial charge on any atom is 0.0647 e. The smallest absolute Gasteiger partial charge is 0.0647 e. The summed E-state index contributed by atoms with van der Waals surface area (Å²) >= 11 is 0. The molecule has 0 aliphatic carbocycles. The summed E-state index contributed by atoms with van der Waals surface area (Å²) in [5, 5.41) is 26.5. The van der Waals surface area contributed by atoms with Crippen molar-refractivity contribution in [1.29, 1.82) is 0 Å². The molecule has 0 aromatic rings. The van der Waals surface area contributed by atoms with Gasteiger partial charge < -0.3 is 48.2 Å². The first-order valence-corrected chi connectivity index (χ1v) is 25.4. The largest absolute Gasteiger partial charge is 1.00 e. The lowest BCUT2D eigenvalue weighted by Gasteiger charge is -2.04. The van der Waals surface area contributed by atoms with Crippen molar-refractivity contribution in [2.75, 3.05) is 42.3 Å². The lowest BCUT2D eigenvalue weighted by molar-refractivity contribution is -0.597. The molecule has 0 saturated carbocycles. The van der Waals surface area contributed by atoms with E-state index in [1.165, 1.54) is 218 Å². The van der Waals surface area contributed by atoms with Gasteiger partial charge in [0.15, 0.2) is 0 Å². The fraction of sp³-hybridized carbons (Fsp3) is 0.960. The molecule has 0 aromatic heterocycles. The van der Waals surface area contributed by atoms with Crippen LogP contribution in [-0.4, -0.2) is 54.2 Å². The minimum atomic E-state index is -0.901. The zero-order valence-electron chi connectivity index (χ0n) is 41.0. The number of carboxylic acid groups (broad SMARTS) is 2. The number of carbonyl (C=O) groups is 2. The summed E-state index contributed by atoms with van der Waals surface area (Å²) in [4.78, 5) is 20.5. The van der Waals surface area contributed by atoms with E-state index in [2.05, 4.69) is 13.8 Å². The molecule has 0 aromatic carbocycles. The van der Waals surface area contributed by atoms with Crippen molar-refractivity contribution >= 4 is 11.9 Å². The van der Waals surface area contributed by atoms with Gasteiger partial charge in [0.2, 0.25) is 0 Å². The minimum absolute atomic E-state index is 0. The van der Waals surface area contributed by atoms with Gasteiger partial charge in [-0.1, -0.05) is 245 Å². The summed E-state index contributed by atoms with van der Waals surface area (Å²) in [6.45, 7) is 4.56. The van der Waals surface area contributed by atoms with Crippen LogP contribution in [0.25, 0.3) is 0 Å². The Morgan fingerprint density at radius 2 is 0.379 bits per heavy atom. The number of unbranched alkanes of at least 4 members (excludes halogenated alkanes) is 36. The molecule has 0 radical (unpaired) electrons. The Morgan fingerprint density at radius 1 is 0.276 bits per heavy atom. The molecule has 0 bridgehead atoms. The van der Waals surface area contributed by atoms with E-state index in [9.17, 15) is 19.8 Å². The molecule has 0 aliphatic rings. The van der Waals surface area contributed by atoms with Gasteiger partial charge in [-0.2, -0.15) is 0 Å². The number of carboxylic acids is 2. The van der Waals surface area contributed by atoms with Crippen LogP contribution in [0.5, 0.6) is 0 Å². The molecule has 0 fully saturated rings. The SMILES string of the molecule is CCCCCCCCCCCCCCCCCCCCCC(=O)[O-].CCCCCCCCCCCCCCCCCCCCCC(=O)[O-].C[NH2+]C.C[NH2+]C.C[NH2+]C.[Cl-]. The molecule has 0 rings (SSSR count). The molecule has 6 N–H and O–H groups in total. The second-order valence-electron chi connectivity index (χ2n) is 16.7. The monoisotopic (exact) mass is 852 g/mol. The number of hydrogen-bond donors (Lipinski definition) is 3. The lowest BCUT2D eigenvalue weighted by Crippen LogP contribution is -3.00. The number of hydrogen-bond acceptors (Lipinski definition) is 4. The average Bonchev–Trinajstić information content (AvgIpc) is 3.17. The summed E-state index contributed by atoms with van der Waals surface area (Å²) in [7, 11) is 12.0. The molecule has 58 heavy (non-hydrogen) atoms. The number of carbonyl (C=O) groups excluding carboxylic acids is 2. The van der Waals surface area contributed by atoms with E-state index in [1.54, 1.807) is 0 Å². The van der Waals surface area contributed by atoms with Gasteiger partial charge in [0, 0.05) is 11.9 Å². The fourth-order valence-electron chi connectivity index (χ4n) is 6.70. The van der Waals surface area contributed by atoms with E-state index in [4.69, 9.17) is 0 Å². The van der Waals surface area contributed by atoms with Crippen LogP contribution < -0.4 is 38.6 Å². The normalized spacial score (nSPS) is 10.1. The van der Waals surface area contributed by atoms with Crippen molar-refractivity contribution in [3.63, 3.8) is 0 Å². The van der Waals surface area contributed by atoms with Gasteiger partial charge >= 0.3 is 0 Å². The summed E-state index contributed by atoms with van der Waals surface area (Å²) in [6.07, 6.45) is 51.5. The third kappa shape index (κ3) is 95.5. The van der Waals surface area contributed by atoms with Crippen LogP contribution in [0.4, 0.5) is 0 Å². The van der Waals surface area contributed by atoms with Gasteiger partial charge in [0.1, 0.15) is 0 Å². The third-order valence-electron chi connectivity index (χ3n) is 9.97. The first-order valence-electron chi connectivity index (χ1n) is 25.4. The van der Waals surface area contributed by atoms with Gasteiger partial charge in [-0.3, -0.25) is 0 Å². The molecule has 7 nitrogen and oxygen atoms in total. The lowest BCUT2D eigenvalue weighted by atomic mass is 10.0. The van der Waals surface area contributed by atoms with Crippen LogP contribution in [0, 0.1) is 0 Å². The quantitative estimate of drug-likeness (QED) is 0.0605. The second-order valence-corrected chi connectivity index (χ2v) is 16.7. The van der Waals surface area contributed by atoms with Crippen molar-refractivity contribution in [1.82, 2.24) is 0 Å². The van der Waals surface area contributed by atoms with Gasteiger partial charge in [0.25, 0.3) is 0 Å². The molecular weight excluding hydrogens is 742 g/mol. The molecule has 0 saturated heterocycles. The van der Waals surface area contributed by atoms with Crippen LogP contribution in [0.2, 0.25) is 0 Å². The van der Waals surface area contributed by atoms with Crippen LogP contribution in [0.1, 0.15) is 271 Å². The molecule has 0 spiro atoms. The Balaban J connectivity index is -0.000000190. The predicted molar refractivity (Wildman–Crippen MR) is 247 cm³/mol. The number of aliphatic carboxylic acids is 2. The van der Waals surface area contributed by atoms with Gasteiger partial charge in [-0.15, -0.1) is 0 Å². The highest BCUT2D eigenvalue weighted by molar-refractivity contribution is 5.64. The molecule has 8 heteroatoms. The maximum atomic E-state index is 10.3. The summed E-state index contributed by atoms with van der Waals surface area (Å²) < 4.78 is 0. The second kappa shape index (κ2) is 73.6. The molecule has 0 atom stereocenters. The summed E-state index contributed by atoms with van der Waals surface area (Å²) in [5.74, 6) is -1.80. The van der Waals surface area contributed by atoms with Crippen LogP contribution in [0.3, 0.4) is 0 Å². The van der Waals surface area contributed by atoms with E-state index in [-0.39, 0.29) is 25.2 Å². The first kappa shape index (κ1) is 68.8. The van der Waals surface area contributed by atoms with Gasteiger partial charge in [-0.25, -0.2) is 0 Å². The van der Waals surface area contributed by atoms with Crippen LogP contribution >= 0.6 is 0 Å². The average molecular weight is 853 g/mol. The predicted octanol–water partition coefficient (Wildman–Crippen LogP) is 6.55. The third-order valence-corrected chi connectivity index (χ3v) is 9.97. The highest BCUT2D eigenvalue weighted by atomic mass is 35.5. The van der Waals surface area contributed by atoms with Gasteiger partial charge in [-0.05, 0) is 25.7 Å². The Morgan fingerprint density at radius 3 is 0.483 bits per heavy atom. The van der Waals surface area contributed by atoms with Crippen LogP contribution in [-0.2, 0) is 9.59 Å². The van der Waals surface area contributed by atoms with Crippen molar-refractivity contribution in [3.8, 4) is 0 Å². The van der Waals surface area contributed by atoms with E-state index >= 15 is 0 Å². The number of rotatable bonds is 40. The molecular formula is C50H110ClN3O4. The van der Waals surface area contributed by atoms with Crippen LogP contribution in [0.15, 0.2) is 0 Å². The Hall–Kier alpha value is -0.890. The summed E-state index contributed by atoms with van der Waals surface area (Å²) in [5.41, 5.74) is 0. The van der Waals surface area contributed by atoms with Crippen molar-refractivity contribution in [2.24, 2.45) is 0 Å². The molecule has 0 amide bonds. The molecule has 356 valence electrons. The number of quaternary nitrogens is 3. The topological polar surface area (TPSA) is 130 Å². The standard InChI is InChI=1S/2C22H44O2.3C2H7N.ClH/c2*1-2-3-4-5-6-7-8-9-10-11-12-13-14-15-16-17-18-19-20-21-22(23)24;3*1-3-2;/h2*2-21H2,1H3,(H,23,24);3*3H,1-2H3;1H. The van der Waals surface area contributed by atoms with Crippen molar-refractivity contribution in [2.45, 2.75) is 271 Å². The highest BCUT2D eigenvalue weighted by Gasteiger charge is 1.97. The number of halogens is 1. The Bertz CT molecular complexity index is 616. The zero-order valence-corrected chi connectivity index (χ0v) is 41.8. The minimum Gasteiger partial charge on any atom is -1.00 e. The summed E-state index contributed by atoms with van der Waals surface area (Å²) in [6, 6.07) is 0. The Labute approximate surface area is 371 Å². The van der Waals surface area contributed by atoms with E-state index < -0.39 is 11.9 Å². The van der Waals surface area contributed by atoms with Gasteiger partial charge in [0.05, 0.1) is 42.3 Å². The number of nitrogens with two attached hydrogens (primary N) is 3. The fourth-order valence-corrected chi connectivity index (χ4v) is 6.70. The highest BCUT2D eigenvalue weighted by Crippen LogP contribution is 2.16. The Kier molecular flexibility index (Phi) is 87.4. The molecule has 0 heterocycles. The zero-order chi connectivity index (χ0) is 43.6. The van der Waals surface area contributed by atoms with E-state index in [0.717, 1.165) is 25.7 Å². The van der Waals surface area contributed by atoms with E-state index in [1.807, 2.05) is 58.2 Å². The molecule has 0 aliphatic heterocycles. The van der Waals surface area contributed by atoms with E-state index in [0.29, 0.717) is 0 Å². The van der Waals surface area contributed by atoms with Crippen molar-refractivity contribution in [3.05, 3.63) is 0 Å². The van der Waals surface area contributed by atoms with Crippen molar-refractivity contribution < 1.29 is 48.2 Å². The molecule has 0 unspecified atom stereocenters.